The van der Waals surface area contributed by atoms with Gasteiger partial charge >= 0.3 is 6.61 Å². The van der Waals surface area contributed by atoms with Crippen molar-refractivity contribution in [2.75, 3.05) is 23.4 Å². The average molecular weight is 483 g/mol. The van der Waals surface area contributed by atoms with Gasteiger partial charge in [0.1, 0.15) is 11.6 Å². The van der Waals surface area contributed by atoms with E-state index in [4.69, 9.17) is 10.5 Å². The summed E-state index contributed by atoms with van der Waals surface area (Å²) in [5, 5.41) is 13.1. The van der Waals surface area contributed by atoms with Crippen LogP contribution in [0.4, 0.5) is 20.2 Å². The molecule has 0 saturated carbocycles. The van der Waals surface area contributed by atoms with Gasteiger partial charge in [-0.2, -0.15) is 8.78 Å². The van der Waals surface area contributed by atoms with Gasteiger partial charge in [0.25, 0.3) is 11.8 Å². The van der Waals surface area contributed by atoms with E-state index < -0.39 is 30.6 Å². The zero-order valence-electron chi connectivity index (χ0n) is 17.1. The number of carbonyl (C=O) groups is 2. The summed E-state index contributed by atoms with van der Waals surface area (Å²) in [5.41, 5.74) is 7.85. The highest BCUT2D eigenvalue weighted by molar-refractivity contribution is 6.05. The Hall–Kier alpha value is -3.28. The highest BCUT2D eigenvalue weighted by atomic mass is 35.5. The highest BCUT2D eigenvalue weighted by Crippen LogP contribution is 2.31. The van der Waals surface area contributed by atoms with E-state index in [1.807, 2.05) is 0 Å². The van der Waals surface area contributed by atoms with Crippen LogP contribution in [0.1, 0.15) is 11.1 Å². The lowest BCUT2D eigenvalue weighted by molar-refractivity contribution is -0.150. The number of hydrogen-bond donors (Lipinski definition) is 3. The van der Waals surface area contributed by atoms with Gasteiger partial charge < -0.3 is 30.5 Å². The normalized spacial score (nSPS) is 18.3. The van der Waals surface area contributed by atoms with Crippen LogP contribution in [0.15, 0.2) is 47.5 Å². The summed E-state index contributed by atoms with van der Waals surface area (Å²) in [6.45, 7) is -2.67. The maximum Gasteiger partial charge on any atom is 0.387 e. The van der Waals surface area contributed by atoms with Crippen LogP contribution in [0.5, 0.6) is 5.75 Å². The minimum Gasteiger partial charge on any atom is -0.433 e. The lowest BCUT2D eigenvalue weighted by atomic mass is 10.1. The standard InChI is InChI=1S/C21H20F2N4O5.ClH/c22-21(23)32-15-4-2-1-3-14(15)27-7-8-31-17(20(27)30)16(28)19(29)26-12-5-6-13-11(9-12)10-25-18(13)24;/h1-6,9,16-17,21,28H,7-8,10H2,(H2,24,25)(H,26,29);1H/t16-,17-;/m1./s1. The number of anilines is 2. The van der Waals surface area contributed by atoms with E-state index in [0.717, 1.165) is 16.0 Å². The Labute approximate surface area is 193 Å². The number of nitrogens with one attached hydrogen (secondary N) is 1. The summed E-state index contributed by atoms with van der Waals surface area (Å²) >= 11 is 0. The van der Waals surface area contributed by atoms with Crippen LogP contribution in [-0.2, 0) is 20.9 Å². The highest BCUT2D eigenvalue weighted by Gasteiger charge is 2.40. The molecule has 2 aromatic carbocycles. The fourth-order valence-electron chi connectivity index (χ4n) is 3.61. The largest absolute Gasteiger partial charge is 0.433 e. The van der Waals surface area contributed by atoms with Gasteiger partial charge in [-0.1, -0.05) is 12.1 Å². The van der Waals surface area contributed by atoms with Gasteiger partial charge in [0.2, 0.25) is 0 Å². The molecule has 2 aliphatic rings. The number of rotatable bonds is 6. The number of amides is 2. The van der Waals surface area contributed by atoms with E-state index in [2.05, 4.69) is 15.0 Å². The number of aliphatic hydroxyl groups is 1. The second-order valence-electron chi connectivity index (χ2n) is 7.13. The Balaban J connectivity index is 0.00000306. The summed E-state index contributed by atoms with van der Waals surface area (Å²) in [6, 6.07) is 10.8. The molecule has 9 nitrogen and oxygen atoms in total. The molecule has 0 spiro atoms. The zero-order chi connectivity index (χ0) is 22.8. The lowest BCUT2D eigenvalue weighted by Crippen LogP contribution is -2.55. The van der Waals surface area contributed by atoms with E-state index in [1.165, 1.54) is 18.2 Å². The second kappa shape index (κ2) is 10.1. The number of para-hydroxylation sites is 2. The van der Waals surface area contributed by atoms with Crippen molar-refractivity contribution in [2.45, 2.75) is 25.4 Å². The number of nitrogens with zero attached hydrogens (tertiary/aromatic N) is 2. The minimum absolute atomic E-state index is 0. The molecule has 1 saturated heterocycles. The summed E-state index contributed by atoms with van der Waals surface area (Å²) in [7, 11) is 0. The molecule has 2 heterocycles. The molecule has 2 aliphatic heterocycles. The van der Waals surface area contributed by atoms with Crippen LogP contribution >= 0.6 is 12.4 Å². The van der Waals surface area contributed by atoms with E-state index in [9.17, 15) is 23.5 Å². The third-order valence-corrected chi connectivity index (χ3v) is 5.12. The molecule has 0 aliphatic carbocycles. The predicted molar refractivity (Wildman–Crippen MR) is 118 cm³/mol. The molecule has 4 rings (SSSR count). The van der Waals surface area contributed by atoms with Crippen LogP contribution < -0.4 is 20.7 Å². The van der Waals surface area contributed by atoms with Gasteiger partial charge in [0.15, 0.2) is 12.2 Å². The van der Waals surface area contributed by atoms with Crippen LogP contribution in [0.3, 0.4) is 0 Å². The van der Waals surface area contributed by atoms with Gasteiger partial charge in [-0.05, 0) is 35.9 Å². The van der Waals surface area contributed by atoms with Crippen molar-refractivity contribution in [3.8, 4) is 5.75 Å². The van der Waals surface area contributed by atoms with Crippen molar-refractivity contribution in [1.29, 1.82) is 0 Å². The van der Waals surface area contributed by atoms with Crippen LogP contribution in [0.2, 0.25) is 0 Å². The van der Waals surface area contributed by atoms with E-state index in [0.29, 0.717) is 18.1 Å². The molecule has 2 amide bonds. The van der Waals surface area contributed by atoms with Crippen molar-refractivity contribution < 1.29 is 33.0 Å². The van der Waals surface area contributed by atoms with Crippen molar-refractivity contribution in [1.82, 2.24) is 0 Å². The number of fused-ring (bicyclic) bond motifs is 1. The first-order valence-electron chi connectivity index (χ1n) is 9.74. The number of aliphatic imine (C=N–C) groups is 1. The number of halogens is 3. The molecule has 0 unspecified atom stereocenters. The molecule has 0 aromatic heterocycles. The van der Waals surface area contributed by atoms with E-state index in [1.54, 1.807) is 24.3 Å². The van der Waals surface area contributed by atoms with Gasteiger partial charge in [0, 0.05) is 17.8 Å². The quantitative estimate of drug-likeness (QED) is 0.575. The van der Waals surface area contributed by atoms with E-state index >= 15 is 0 Å². The monoisotopic (exact) mass is 482 g/mol. The molecular formula is C21H21ClF2N4O5. The summed E-state index contributed by atoms with van der Waals surface area (Å²) in [5.74, 6) is -1.39. The minimum atomic E-state index is -3.08. The molecule has 0 bridgehead atoms. The molecule has 2 atom stereocenters. The Kier molecular flexibility index (Phi) is 7.46. The number of morpholine rings is 1. The topological polar surface area (TPSA) is 126 Å². The Morgan fingerprint density at radius 2 is 2.06 bits per heavy atom. The Bertz CT molecular complexity index is 1080. The van der Waals surface area contributed by atoms with Crippen LogP contribution in [-0.4, -0.2) is 54.7 Å². The third kappa shape index (κ3) is 5.05. The SMILES string of the molecule is Cl.NC1=NCc2cc(NC(=O)[C@H](O)[C@H]3OCCN(c4ccccc4OC(F)F)C3=O)ccc21. The molecule has 4 N–H and O–H groups in total. The van der Waals surface area contributed by atoms with Gasteiger partial charge in [-0.3, -0.25) is 14.6 Å². The van der Waals surface area contributed by atoms with Crippen LogP contribution in [0, 0.1) is 0 Å². The average Bonchev–Trinajstić information content (AvgIpc) is 3.13. The first-order chi connectivity index (χ1) is 15.3. The molecule has 12 heteroatoms. The van der Waals surface area contributed by atoms with Crippen molar-refractivity contribution in [3.63, 3.8) is 0 Å². The number of ether oxygens (including phenoxy) is 2. The second-order valence-corrected chi connectivity index (χ2v) is 7.13. The molecule has 1 fully saturated rings. The van der Waals surface area contributed by atoms with Gasteiger partial charge in [-0.15, -0.1) is 12.4 Å². The molecule has 176 valence electrons. The summed E-state index contributed by atoms with van der Waals surface area (Å²) < 4.78 is 35.3. The smallest absolute Gasteiger partial charge is 0.387 e. The number of nitrogens with two attached hydrogens (primary N) is 1. The zero-order valence-corrected chi connectivity index (χ0v) is 17.9. The van der Waals surface area contributed by atoms with Gasteiger partial charge in [-0.25, -0.2) is 0 Å². The first kappa shape index (κ1) is 24.4. The lowest BCUT2D eigenvalue weighted by Gasteiger charge is -2.34. The number of amidine groups is 1. The van der Waals surface area contributed by atoms with Gasteiger partial charge in [0.05, 0.1) is 18.8 Å². The maximum absolute atomic E-state index is 12.9. The maximum atomic E-state index is 12.9. The van der Waals surface area contributed by atoms with Crippen molar-refractivity contribution in [2.24, 2.45) is 10.7 Å². The van der Waals surface area contributed by atoms with E-state index in [-0.39, 0.29) is 37.0 Å². The Morgan fingerprint density at radius 1 is 1.30 bits per heavy atom. The summed E-state index contributed by atoms with van der Waals surface area (Å²) in [4.78, 5) is 30.8. The number of aliphatic hydroxyl groups excluding tert-OH is 1. The fourth-order valence-corrected chi connectivity index (χ4v) is 3.61. The third-order valence-electron chi connectivity index (χ3n) is 5.12. The molecule has 0 radical (unpaired) electrons. The number of carbonyl (C=O) groups excluding carboxylic acids is 2. The molecule has 33 heavy (non-hydrogen) atoms. The van der Waals surface area contributed by atoms with Crippen molar-refractivity contribution >= 4 is 41.4 Å². The number of benzene rings is 2. The predicted octanol–water partition coefficient (Wildman–Crippen LogP) is 1.66. The first-order valence-corrected chi connectivity index (χ1v) is 9.74. The molecular weight excluding hydrogens is 462 g/mol. The van der Waals surface area contributed by atoms with Crippen LogP contribution in [0.25, 0.3) is 0 Å². The molecule has 2 aromatic rings. The fraction of sp³-hybridized carbons (Fsp3) is 0.286. The number of hydrogen-bond acceptors (Lipinski definition) is 7. The summed E-state index contributed by atoms with van der Waals surface area (Å²) in [6.07, 6.45) is -3.35. The number of alkyl halides is 2. The van der Waals surface area contributed by atoms with Crippen molar-refractivity contribution in [3.05, 3.63) is 53.6 Å². The Morgan fingerprint density at radius 3 is 2.82 bits per heavy atom.